The molecule has 0 radical (unpaired) electrons. The van der Waals surface area contributed by atoms with Gasteiger partial charge in [0.25, 0.3) is 0 Å². The van der Waals surface area contributed by atoms with Crippen molar-refractivity contribution < 1.29 is 14.6 Å². The lowest BCUT2D eigenvalue weighted by Gasteiger charge is -2.32. The van der Waals surface area contributed by atoms with Crippen molar-refractivity contribution >= 4 is 33.5 Å². The third-order valence-corrected chi connectivity index (χ3v) is 4.73. The van der Waals surface area contributed by atoms with E-state index in [0.29, 0.717) is 11.6 Å². The molecule has 0 bridgehead atoms. The molecule has 2 rings (SSSR count). The number of hydrogen-bond donors (Lipinski definition) is 1. The lowest BCUT2D eigenvalue weighted by atomic mass is 9.99. The maximum Gasteiger partial charge on any atom is 0.310 e. The van der Waals surface area contributed by atoms with Gasteiger partial charge in [-0.05, 0) is 31.7 Å². The molecular formula is C14H17BrClNO3. The first-order valence-electron chi connectivity index (χ1n) is 6.39. The molecule has 6 heteroatoms. The molecule has 0 aliphatic carbocycles. The van der Waals surface area contributed by atoms with Gasteiger partial charge in [-0.15, -0.1) is 0 Å². The quantitative estimate of drug-likeness (QED) is 0.893. The number of hydrogen-bond acceptors (Lipinski definition) is 3. The molecule has 1 saturated heterocycles. The molecule has 0 amide bonds. The fraction of sp³-hybridized carbons (Fsp3) is 0.500. The Kier molecular flexibility index (Phi) is 5.07. The molecule has 1 aromatic rings. The number of carbonyl (C=O) groups is 1. The molecule has 1 aliphatic rings. The van der Waals surface area contributed by atoms with Crippen molar-refractivity contribution in [3.05, 3.63) is 33.3 Å². The van der Waals surface area contributed by atoms with Gasteiger partial charge in [0.2, 0.25) is 0 Å². The Labute approximate surface area is 131 Å². The van der Waals surface area contributed by atoms with E-state index < -0.39 is 11.9 Å². The topological polar surface area (TPSA) is 49.8 Å². The molecule has 1 aromatic carbocycles. The molecule has 0 saturated carbocycles. The first-order valence-corrected chi connectivity index (χ1v) is 7.56. The van der Waals surface area contributed by atoms with E-state index in [1.54, 1.807) is 0 Å². The summed E-state index contributed by atoms with van der Waals surface area (Å²) in [7, 11) is 1.92. The second-order valence-electron chi connectivity index (χ2n) is 5.06. The fourth-order valence-corrected chi connectivity index (χ4v) is 3.36. The normalized spacial score (nSPS) is 24.1. The van der Waals surface area contributed by atoms with Gasteiger partial charge in [-0.2, -0.15) is 0 Å². The molecule has 4 nitrogen and oxygen atoms in total. The summed E-state index contributed by atoms with van der Waals surface area (Å²) in [6, 6.07) is 5.62. The van der Waals surface area contributed by atoms with Gasteiger partial charge in [0.05, 0.1) is 19.1 Å². The molecular weight excluding hydrogens is 346 g/mol. The van der Waals surface area contributed by atoms with Crippen LogP contribution in [0.15, 0.2) is 22.7 Å². The van der Waals surface area contributed by atoms with Crippen LogP contribution in [0.5, 0.6) is 0 Å². The van der Waals surface area contributed by atoms with E-state index in [2.05, 4.69) is 15.9 Å². The average Bonchev–Trinajstić information content (AvgIpc) is 2.86. The van der Waals surface area contributed by atoms with Crippen LogP contribution in [-0.2, 0) is 9.53 Å². The third-order valence-electron chi connectivity index (χ3n) is 3.91. The van der Waals surface area contributed by atoms with Crippen LogP contribution in [0.4, 0.5) is 0 Å². The Morgan fingerprint density at radius 3 is 2.85 bits per heavy atom. The van der Waals surface area contributed by atoms with Crippen LogP contribution in [0.25, 0.3) is 0 Å². The Hall–Kier alpha value is -0.620. The molecule has 1 fully saturated rings. The van der Waals surface area contributed by atoms with E-state index in [1.807, 2.05) is 37.1 Å². The van der Waals surface area contributed by atoms with Crippen molar-refractivity contribution in [2.45, 2.75) is 19.0 Å². The van der Waals surface area contributed by atoms with Crippen LogP contribution in [0, 0.1) is 5.92 Å². The number of likely N-dealkylation sites (N-methyl/N-ethyl adjacent to an activating group) is 1. The fourth-order valence-electron chi connectivity index (χ4n) is 2.53. The zero-order chi connectivity index (χ0) is 14.9. The van der Waals surface area contributed by atoms with Crippen molar-refractivity contribution in [1.29, 1.82) is 0 Å². The second-order valence-corrected chi connectivity index (χ2v) is 6.38. The molecule has 110 valence electrons. The van der Waals surface area contributed by atoms with Crippen molar-refractivity contribution in [1.82, 2.24) is 4.90 Å². The molecule has 0 spiro atoms. The van der Waals surface area contributed by atoms with Gasteiger partial charge >= 0.3 is 5.97 Å². The van der Waals surface area contributed by atoms with Gasteiger partial charge < -0.3 is 9.84 Å². The van der Waals surface area contributed by atoms with Crippen LogP contribution in [0.1, 0.15) is 18.5 Å². The highest BCUT2D eigenvalue weighted by Crippen LogP contribution is 2.32. The minimum atomic E-state index is -0.812. The van der Waals surface area contributed by atoms with Gasteiger partial charge in [0.1, 0.15) is 0 Å². The monoisotopic (exact) mass is 361 g/mol. The van der Waals surface area contributed by atoms with E-state index in [9.17, 15) is 9.90 Å². The lowest BCUT2D eigenvalue weighted by Crippen LogP contribution is -2.42. The Balaban J connectivity index is 2.19. The van der Waals surface area contributed by atoms with Crippen LogP contribution in [-0.4, -0.2) is 42.3 Å². The van der Waals surface area contributed by atoms with Crippen LogP contribution in [0.3, 0.4) is 0 Å². The number of carboxylic acid groups (broad SMARTS) is 1. The van der Waals surface area contributed by atoms with Crippen molar-refractivity contribution in [2.24, 2.45) is 5.92 Å². The maximum absolute atomic E-state index is 11.2. The molecule has 0 aromatic heterocycles. The zero-order valence-electron chi connectivity index (χ0n) is 11.3. The number of carboxylic acids is 1. The molecule has 1 aliphatic heterocycles. The second kappa shape index (κ2) is 6.43. The summed E-state index contributed by atoms with van der Waals surface area (Å²) in [5.41, 5.74) is 0.980. The summed E-state index contributed by atoms with van der Waals surface area (Å²) in [6.07, 6.45) is 0. The minimum Gasteiger partial charge on any atom is -0.481 e. The average molecular weight is 363 g/mol. The number of benzene rings is 1. The minimum absolute atomic E-state index is 0.0177. The summed E-state index contributed by atoms with van der Waals surface area (Å²) in [5.74, 6) is -1.30. The van der Waals surface area contributed by atoms with Gasteiger partial charge in [0.15, 0.2) is 0 Å². The predicted octanol–water partition coefficient (Wildman–Crippen LogP) is 3.19. The van der Waals surface area contributed by atoms with Crippen molar-refractivity contribution in [3.8, 4) is 0 Å². The third kappa shape index (κ3) is 3.17. The molecule has 1 N–H and O–H groups in total. The van der Waals surface area contributed by atoms with Crippen LogP contribution in [0.2, 0.25) is 5.02 Å². The van der Waals surface area contributed by atoms with Crippen molar-refractivity contribution in [3.63, 3.8) is 0 Å². The number of halogens is 2. The van der Waals surface area contributed by atoms with Gasteiger partial charge in [-0.1, -0.05) is 33.6 Å². The molecule has 3 atom stereocenters. The van der Waals surface area contributed by atoms with E-state index in [1.165, 1.54) is 0 Å². The summed E-state index contributed by atoms with van der Waals surface area (Å²) in [4.78, 5) is 13.3. The number of ether oxygens (including phenoxy) is 1. The molecule has 3 unspecified atom stereocenters. The molecule has 1 heterocycles. The predicted molar refractivity (Wildman–Crippen MR) is 81.1 cm³/mol. The molecule has 20 heavy (non-hydrogen) atoms. The van der Waals surface area contributed by atoms with Crippen LogP contribution >= 0.6 is 27.5 Å². The van der Waals surface area contributed by atoms with Gasteiger partial charge in [-0.3, -0.25) is 9.69 Å². The van der Waals surface area contributed by atoms with E-state index in [-0.39, 0.29) is 18.7 Å². The van der Waals surface area contributed by atoms with Gasteiger partial charge in [-0.25, -0.2) is 0 Å². The number of aliphatic carboxylic acids is 1. The van der Waals surface area contributed by atoms with Crippen molar-refractivity contribution in [2.75, 3.05) is 20.3 Å². The van der Waals surface area contributed by atoms with E-state index in [4.69, 9.17) is 16.3 Å². The highest BCUT2D eigenvalue weighted by molar-refractivity contribution is 9.10. The Bertz CT molecular complexity index is 511. The first-order chi connectivity index (χ1) is 9.41. The summed E-state index contributed by atoms with van der Waals surface area (Å²) < 4.78 is 6.25. The number of rotatable bonds is 4. The number of nitrogens with zero attached hydrogens (tertiary/aromatic N) is 1. The summed E-state index contributed by atoms with van der Waals surface area (Å²) in [6.45, 7) is 2.73. The first kappa shape index (κ1) is 15.8. The Morgan fingerprint density at radius 2 is 2.25 bits per heavy atom. The van der Waals surface area contributed by atoms with E-state index in [0.717, 1.165) is 10.0 Å². The standard InChI is InChI=1S/C14H17BrClNO3/c1-8(10-4-3-9(15)5-12(10)16)17(2)13-7-20-6-11(13)14(18)19/h3-5,8,11,13H,6-7H2,1-2H3,(H,18,19). The Morgan fingerprint density at radius 1 is 1.55 bits per heavy atom. The maximum atomic E-state index is 11.2. The van der Waals surface area contributed by atoms with Crippen LogP contribution < -0.4 is 0 Å². The zero-order valence-corrected chi connectivity index (χ0v) is 13.7. The highest BCUT2D eigenvalue weighted by atomic mass is 79.9. The SMILES string of the molecule is CC(c1ccc(Br)cc1Cl)N(C)C1COCC1C(=O)O. The summed E-state index contributed by atoms with van der Waals surface area (Å²) >= 11 is 9.65. The lowest BCUT2D eigenvalue weighted by molar-refractivity contribution is -0.143. The summed E-state index contributed by atoms with van der Waals surface area (Å²) in [5, 5.41) is 9.91. The largest absolute Gasteiger partial charge is 0.481 e. The van der Waals surface area contributed by atoms with Gasteiger partial charge in [0, 0.05) is 21.6 Å². The van der Waals surface area contributed by atoms with E-state index >= 15 is 0 Å². The smallest absolute Gasteiger partial charge is 0.310 e. The highest BCUT2D eigenvalue weighted by Gasteiger charge is 2.38.